The summed E-state index contributed by atoms with van der Waals surface area (Å²) in [6.07, 6.45) is 2.25. The summed E-state index contributed by atoms with van der Waals surface area (Å²) in [5, 5.41) is 4.96. The van der Waals surface area contributed by atoms with E-state index in [2.05, 4.69) is 17.2 Å². The van der Waals surface area contributed by atoms with Crippen LogP contribution in [0.2, 0.25) is 0 Å². The lowest BCUT2D eigenvalue weighted by atomic mass is 10.3. The first-order valence-electron chi connectivity index (χ1n) is 6.37. The highest BCUT2D eigenvalue weighted by Crippen LogP contribution is 1.92. The summed E-state index contributed by atoms with van der Waals surface area (Å²) < 4.78 is 4.83. The highest BCUT2D eigenvalue weighted by atomic mass is 16.5. The van der Waals surface area contributed by atoms with E-state index in [0.717, 1.165) is 12.8 Å². The Hall–Kier alpha value is -1.85. The first-order chi connectivity index (χ1) is 8.99. The molecule has 6 heteroatoms. The van der Waals surface area contributed by atoms with Crippen molar-refractivity contribution in [2.75, 3.05) is 19.7 Å². The molecular formula is C13H22N2O4. The summed E-state index contributed by atoms with van der Waals surface area (Å²) in [5.41, 5.74) is 0.333. The van der Waals surface area contributed by atoms with E-state index in [0.29, 0.717) is 18.5 Å². The molecule has 0 atom stereocenters. The molecule has 0 aromatic carbocycles. The molecule has 0 bridgehead atoms. The predicted octanol–water partition coefficient (Wildman–Crippen LogP) is 0.528. The molecule has 2 N–H and O–H groups in total. The van der Waals surface area contributed by atoms with E-state index >= 15 is 0 Å². The van der Waals surface area contributed by atoms with Crippen LogP contribution in [0, 0.1) is 0 Å². The van der Waals surface area contributed by atoms with Crippen molar-refractivity contribution in [2.45, 2.75) is 33.1 Å². The molecule has 0 saturated carbocycles. The molecule has 108 valence electrons. The zero-order chi connectivity index (χ0) is 14.7. The maximum absolute atomic E-state index is 11.3. The van der Waals surface area contributed by atoms with Crippen molar-refractivity contribution in [1.82, 2.24) is 10.6 Å². The molecule has 0 fully saturated rings. The zero-order valence-corrected chi connectivity index (χ0v) is 11.6. The second kappa shape index (κ2) is 10.1. The van der Waals surface area contributed by atoms with Gasteiger partial charge < -0.3 is 15.4 Å². The Balaban J connectivity index is 3.60. The predicted molar refractivity (Wildman–Crippen MR) is 71.3 cm³/mol. The summed E-state index contributed by atoms with van der Waals surface area (Å²) in [7, 11) is 0. The molecule has 0 radical (unpaired) electrons. The number of unbranched alkanes of at least 4 members (excludes halogenated alkanes) is 1. The first kappa shape index (κ1) is 17.2. The lowest BCUT2D eigenvalue weighted by Crippen LogP contribution is -2.40. The van der Waals surface area contributed by atoms with Gasteiger partial charge in [0.1, 0.15) is 0 Å². The first-order valence-corrected chi connectivity index (χ1v) is 6.37. The number of carbonyl (C=O) groups is 3. The molecule has 2 amide bonds. The molecule has 0 aromatic rings. The van der Waals surface area contributed by atoms with Gasteiger partial charge >= 0.3 is 17.8 Å². The second-order valence-electron chi connectivity index (χ2n) is 4.14. The number of nitrogens with one attached hydrogen (secondary N) is 2. The molecule has 0 aliphatic rings. The van der Waals surface area contributed by atoms with E-state index in [1.807, 2.05) is 6.92 Å². The van der Waals surface area contributed by atoms with Gasteiger partial charge in [-0.1, -0.05) is 19.9 Å². The van der Waals surface area contributed by atoms with Gasteiger partial charge in [-0.25, -0.2) is 4.79 Å². The summed E-state index contributed by atoms with van der Waals surface area (Å²) in [6.45, 7) is 7.97. The van der Waals surface area contributed by atoms with Crippen LogP contribution in [0.1, 0.15) is 33.1 Å². The number of esters is 1. The quantitative estimate of drug-likeness (QED) is 0.291. The van der Waals surface area contributed by atoms with Gasteiger partial charge in [0.25, 0.3) is 0 Å². The van der Waals surface area contributed by atoms with Gasteiger partial charge in [0.05, 0.1) is 6.61 Å². The third-order valence-corrected chi connectivity index (χ3v) is 2.21. The van der Waals surface area contributed by atoms with Crippen LogP contribution < -0.4 is 10.6 Å². The average molecular weight is 270 g/mol. The minimum atomic E-state index is -0.665. The summed E-state index contributed by atoms with van der Waals surface area (Å²) >= 11 is 0. The number of hydrogen-bond acceptors (Lipinski definition) is 4. The van der Waals surface area contributed by atoms with Crippen molar-refractivity contribution in [3.05, 3.63) is 12.2 Å². The fraction of sp³-hybridized carbons (Fsp3) is 0.615. The molecule has 0 saturated heterocycles. The highest BCUT2D eigenvalue weighted by Gasteiger charge is 2.11. The van der Waals surface area contributed by atoms with Gasteiger partial charge in [-0.05, 0) is 19.8 Å². The maximum Gasteiger partial charge on any atom is 0.333 e. The number of rotatable bonds is 8. The number of carbonyl (C=O) groups excluding carboxylic acids is 3. The van der Waals surface area contributed by atoms with Crippen molar-refractivity contribution in [2.24, 2.45) is 0 Å². The van der Waals surface area contributed by atoms with Gasteiger partial charge in [-0.2, -0.15) is 0 Å². The minimum Gasteiger partial charge on any atom is -0.462 e. The Kier molecular flexibility index (Phi) is 9.12. The van der Waals surface area contributed by atoms with Crippen LogP contribution in [-0.2, 0) is 19.1 Å². The van der Waals surface area contributed by atoms with Crippen molar-refractivity contribution >= 4 is 17.8 Å². The molecule has 0 aliphatic heterocycles. The third kappa shape index (κ3) is 8.82. The largest absolute Gasteiger partial charge is 0.462 e. The molecule has 0 rings (SSSR count). The molecule has 6 nitrogen and oxygen atoms in total. The van der Waals surface area contributed by atoms with Crippen LogP contribution in [0.5, 0.6) is 0 Å². The highest BCUT2D eigenvalue weighted by molar-refractivity contribution is 6.35. The van der Waals surface area contributed by atoms with Gasteiger partial charge in [0.2, 0.25) is 0 Å². The summed E-state index contributed by atoms with van der Waals surface area (Å²) in [6, 6.07) is 0. The molecule has 0 aliphatic carbocycles. The van der Waals surface area contributed by atoms with Crippen LogP contribution in [0.3, 0.4) is 0 Å². The standard InChI is InChI=1S/C13H22N2O4/c1-4-5-7-14-11(16)12(17)15-8-6-9-19-13(18)10(2)3/h2,4-9H2,1,3H3,(H,14,16)(H,15,17). The molecule has 0 spiro atoms. The normalized spacial score (nSPS) is 9.58. The number of ether oxygens (including phenoxy) is 1. The monoisotopic (exact) mass is 270 g/mol. The average Bonchev–Trinajstić information content (AvgIpc) is 2.37. The second-order valence-corrected chi connectivity index (χ2v) is 4.14. The van der Waals surface area contributed by atoms with Gasteiger partial charge in [0.15, 0.2) is 0 Å². The topological polar surface area (TPSA) is 84.5 Å². The van der Waals surface area contributed by atoms with Crippen LogP contribution in [0.4, 0.5) is 0 Å². The maximum atomic E-state index is 11.3. The minimum absolute atomic E-state index is 0.184. The van der Waals surface area contributed by atoms with Crippen molar-refractivity contribution in [1.29, 1.82) is 0 Å². The number of amides is 2. The Morgan fingerprint density at radius 1 is 1.05 bits per heavy atom. The van der Waals surface area contributed by atoms with Crippen LogP contribution in [-0.4, -0.2) is 37.5 Å². The van der Waals surface area contributed by atoms with E-state index in [-0.39, 0.29) is 13.2 Å². The van der Waals surface area contributed by atoms with E-state index in [4.69, 9.17) is 4.74 Å². The fourth-order valence-electron chi connectivity index (χ4n) is 1.10. The van der Waals surface area contributed by atoms with Crippen LogP contribution >= 0.6 is 0 Å². The fourth-order valence-corrected chi connectivity index (χ4v) is 1.10. The van der Waals surface area contributed by atoms with Crippen LogP contribution in [0.25, 0.3) is 0 Å². The molecule has 0 aromatic heterocycles. The lowest BCUT2D eigenvalue weighted by molar-refractivity contribution is -0.140. The van der Waals surface area contributed by atoms with Crippen LogP contribution in [0.15, 0.2) is 12.2 Å². The zero-order valence-electron chi connectivity index (χ0n) is 11.6. The Labute approximate surface area is 113 Å². The third-order valence-electron chi connectivity index (χ3n) is 2.21. The SMILES string of the molecule is C=C(C)C(=O)OCCCNC(=O)C(=O)NCCCC. The van der Waals surface area contributed by atoms with Gasteiger partial charge in [-0.15, -0.1) is 0 Å². The van der Waals surface area contributed by atoms with Crippen molar-refractivity contribution in [3.63, 3.8) is 0 Å². The van der Waals surface area contributed by atoms with E-state index in [1.165, 1.54) is 0 Å². The Morgan fingerprint density at radius 2 is 1.58 bits per heavy atom. The van der Waals surface area contributed by atoms with Crippen molar-refractivity contribution in [3.8, 4) is 0 Å². The van der Waals surface area contributed by atoms with Gasteiger partial charge in [0, 0.05) is 18.7 Å². The molecule has 19 heavy (non-hydrogen) atoms. The van der Waals surface area contributed by atoms with Crippen molar-refractivity contribution < 1.29 is 19.1 Å². The molecule has 0 unspecified atom stereocenters. The van der Waals surface area contributed by atoms with E-state index in [9.17, 15) is 14.4 Å². The summed E-state index contributed by atoms with van der Waals surface area (Å²) in [5.74, 6) is -1.75. The molecular weight excluding hydrogens is 248 g/mol. The van der Waals surface area contributed by atoms with Gasteiger partial charge in [-0.3, -0.25) is 9.59 Å². The van der Waals surface area contributed by atoms with E-state index < -0.39 is 17.8 Å². The smallest absolute Gasteiger partial charge is 0.333 e. The van der Waals surface area contributed by atoms with E-state index in [1.54, 1.807) is 6.92 Å². The summed E-state index contributed by atoms with van der Waals surface area (Å²) in [4.78, 5) is 33.6. The lowest BCUT2D eigenvalue weighted by Gasteiger charge is -2.06. The molecule has 0 heterocycles. The Bertz CT molecular complexity index is 340. The Morgan fingerprint density at radius 3 is 2.05 bits per heavy atom. The number of hydrogen-bond donors (Lipinski definition) is 2.